The lowest BCUT2D eigenvalue weighted by Gasteiger charge is -2.31. The van der Waals surface area contributed by atoms with E-state index in [2.05, 4.69) is 17.3 Å². The normalized spacial score (nSPS) is 19.2. The molecule has 1 amide bonds. The highest BCUT2D eigenvalue weighted by molar-refractivity contribution is 6.35. The Bertz CT molecular complexity index is 836. The van der Waals surface area contributed by atoms with Crippen molar-refractivity contribution in [1.82, 2.24) is 20.0 Å². The van der Waals surface area contributed by atoms with Gasteiger partial charge in [0.15, 0.2) is 5.69 Å². The van der Waals surface area contributed by atoms with Crippen LogP contribution in [0, 0.1) is 0 Å². The summed E-state index contributed by atoms with van der Waals surface area (Å²) >= 11 is 12.4. The molecule has 8 heteroatoms. The fourth-order valence-corrected chi connectivity index (χ4v) is 4.22. The second-order valence-electron chi connectivity index (χ2n) is 6.74. The molecule has 0 spiro atoms. The molecule has 1 saturated heterocycles. The summed E-state index contributed by atoms with van der Waals surface area (Å²) in [5.41, 5.74) is 3.52. The van der Waals surface area contributed by atoms with Crippen LogP contribution in [0.15, 0.2) is 18.2 Å². The van der Waals surface area contributed by atoms with Crippen molar-refractivity contribution in [3.05, 3.63) is 45.2 Å². The van der Waals surface area contributed by atoms with E-state index in [-0.39, 0.29) is 18.3 Å². The summed E-state index contributed by atoms with van der Waals surface area (Å²) in [6.07, 6.45) is 2.84. The molecule has 1 unspecified atom stereocenters. The maximum absolute atomic E-state index is 13.1. The number of hydrogen-bond acceptors (Lipinski definition) is 3. The van der Waals surface area contributed by atoms with Crippen molar-refractivity contribution < 1.29 is 4.79 Å². The van der Waals surface area contributed by atoms with E-state index in [1.165, 1.54) is 0 Å². The third-order valence-electron chi connectivity index (χ3n) is 4.93. The summed E-state index contributed by atoms with van der Waals surface area (Å²) in [6, 6.07) is 5.67. The first-order chi connectivity index (χ1) is 12.0. The van der Waals surface area contributed by atoms with Crippen LogP contribution < -0.4 is 5.32 Å². The van der Waals surface area contributed by atoms with Crippen molar-refractivity contribution >= 4 is 41.5 Å². The van der Waals surface area contributed by atoms with Crippen molar-refractivity contribution in [3.63, 3.8) is 0 Å². The number of carbonyl (C=O) groups excluding carboxylic acids is 1. The number of carbonyl (C=O) groups is 1. The molecule has 0 radical (unpaired) electrons. The quantitative estimate of drug-likeness (QED) is 0.816. The van der Waals surface area contributed by atoms with Gasteiger partial charge in [-0.15, -0.1) is 12.4 Å². The van der Waals surface area contributed by atoms with Crippen LogP contribution in [0.25, 0.3) is 5.69 Å². The summed E-state index contributed by atoms with van der Waals surface area (Å²) in [5, 5.41) is 9.16. The van der Waals surface area contributed by atoms with Gasteiger partial charge in [-0.25, -0.2) is 4.68 Å². The molecule has 26 heavy (non-hydrogen) atoms. The fraction of sp³-hybridized carbons (Fsp3) is 0.444. The highest BCUT2D eigenvalue weighted by atomic mass is 35.5. The van der Waals surface area contributed by atoms with E-state index in [4.69, 9.17) is 23.2 Å². The minimum atomic E-state index is 0. The van der Waals surface area contributed by atoms with E-state index >= 15 is 0 Å². The number of fused-ring (bicyclic) bond motifs is 1. The van der Waals surface area contributed by atoms with Crippen molar-refractivity contribution in [2.75, 3.05) is 19.6 Å². The molecular formula is C18H21Cl3N4O. The summed E-state index contributed by atoms with van der Waals surface area (Å²) < 4.78 is 1.83. The second-order valence-corrected chi connectivity index (χ2v) is 7.58. The smallest absolute Gasteiger partial charge is 0.274 e. The SMILES string of the molecule is CC1CN(C(=O)c2nn(-c3ccc(Cl)cc3Cl)c3c2CCC3)CCN1.Cl. The van der Waals surface area contributed by atoms with Crippen LogP contribution in [0.5, 0.6) is 0 Å². The van der Waals surface area contributed by atoms with Gasteiger partial charge in [0, 0.05) is 42.0 Å². The highest BCUT2D eigenvalue weighted by Gasteiger charge is 2.31. The van der Waals surface area contributed by atoms with E-state index in [0.717, 1.165) is 42.8 Å². The molecule has 1 aliphatic carbocycles. The van der Waals surface area contributed by atoms with Gasteiger partial charge in [-0.1, -0.05) is 23.2 Å². The number of halogens is 3. The van der Waals surface area contributed by atoms with Crippen molar-refractivity contribution in [2.45, 2.75) is 32.2 Å². The first kappa shape index (κ1) is 19.5. The molecule has 1 fully saturated rings. The Kier molecular flexibility index (Phi) is 5.82. The number of aromatic nitrogens is 2. The zero-order valence-electron chi connectivity index (χ0n) is 14.5. The van der Waals surface area contributed by atoms with E-state index in [9.17, 15) is 4.79 Å². The van der Waals surface area contributed by atoms with Crippen molar-refractivity contribution in [1.29, 1.82) is 0 Å². The Morgan fingerprint density at radius 3 is 2.85 bits per heavy atom. The molecule has 0 bridgehead atoms. The zero-order valence-corrected chi connectivity index (χ0v) is 16.8. The van der Waals surface area contributed by atoms with Crippen molar-refractivity contribution in [3.8, 4) is 5.69 Å². The number of rotatable bonds is 2. The molecule has 1 aliphatic heterocycles. The van der Waals surface area contributed by atoms with Gasteiger partial charge in [0.25, 0.3) is 5.91 Å². The van der Waals surface area contributed by atoms with Crippen LogP contribution in [-0.2, 0) is 12.8 Å². The largest absolute Gasteiger partial charge is 0.334 e. The van der Waals surface area contributed by atoms with E-state index in [0.29, 0.717) is 34.9 Å². The lowest BCUT2D eigenvalue weighted by atomic mass is 10.1. The van der Waals surface area contributed by atoms with Crippen LogP contribution in [0.1, 0.15) is 35.1 Å². The first-order valence-corrected chi connectivity index (χ1v) is 9.39. The maximum Gasteiger partial charge on any atom is 0.274 e. The van der Waals surface area contributed by atoms with Crippen LogP contribution in [0.2, 0.25) is 10.0 Å². The average molecular weight is 416 g/mol. The van der Waals surface area contributed by atoms with Crippen molar-refractivity contribution in [2.24, 2.45) is 0 Å². The molecule has 0 saturated carbocycles. The Morgan fingerprint density at radius 2 is 2.12 bits per heavy atom. The summed E-state index contributed by atoms with van der Waals surface area (Å²) in [5.74, 6) is 0.0235. The average Bonchev–Trinajstić information content (AvgIpc) is 3.17. The lowest BCUT2D eigenvalue weighted by Crippen LogP contribution is -2.51. The lowest BCUT2D eigenvalue weighted by molar-refractivity contribution is 0.0701. The van der Waals surface area contributed by atoms with Crippen LogP contribution in [0.3, 0.4) is 0 Å². The third-order valence-corrected chi connectivity index (χ3v) is 5.46. The molecule has 1 N–H and O–H groups in total. The van der Waals surface area contributed by atoms with Gasteiger partial charge in [-0.2, -0.15) is 5.10 Å². The Hall–Kier alpha value is -1.27. The van der Waals surface area contributed by atoms with Crippen LogP contribution >= 0.6 is 35.6 Å². The molecule has 2 aliphatic rings. The molecule has 1 aromatic heterocycles. The predicted molar refractivity (Wildman–Crippen MR) is 106 cm³/mol. The van der Waals surface area contributed by atoms with E-state index in [1.54, 1.807) is 12.1 Å². The topological polar surface area (TPSA) is 50.2 Å². The van der Waals surface area contributed by atoms with Crippen LogP contribution in [-0.4, -0.2) is 46.3 Å². The number of nitrogens with one attached hydrogen (secondary N) is 1. The summed E-state index contributed by atoms with van der Waals surface area (Å²) in [4.78, 5) is 15.0. The van der Waals surface area contributed by atoms with Gasteiger partial charge in [-0.05, 0) is 44.4 Å². The van der Waals surface area contributed by atoms with Crippen LogP contribution in [0.4, 0.5) is 0 Å². The monoisotopic (exact) mass is 414 g/mol. The Labute approximate surface area is 169 Å². The second kappa shape index (κ2) is 7.77. The van der Waals surface area contributed by atoms with E-state index in [1.807, 2.05) is 15.6 Å². The molecule has 2 aromatic rings. The van der Waals surface area contributed by atoms with Gasteiger partial charge in [0.05, 0.1) is 10.7 Å². The minimum absolute atomic E-state index is 0. The third kappa shape index (κ3) is 3.46. The number of nitrogens with zero attached hydrogens (tertiary/aromatic N) is 3. The summed E-state index contributed by atoms with van der Waals surface area (Å²) in [6.45, 7) is 4.34. The number of amides is 1. The zero-order chi connectivity index (χ0) is 17.6. The van der Waals surface area contributed by atoms with Gasteiger partial charge < -0.3 is 10.2 Å². The molecule has 1 atom stereocenters. The predicted octanol–water partition coefficient (Wildman–Crippen LogP) is 3.52. The Balaban J connectivity index is 0.00000196. The number of hydrogen-bond donors (Lipinski definition) is 1. The maximum atomic E-state index is 13.1. The van der Waals surface area contributed by atoms with Gasteiger partial charge in [-0.3, -0.25) is 4.79 Å². The Morgan fingerprint density at radius 1 is 1.31 bits per heavy atom. The summed E-state index contributed by atoms with van der Waals surface area (Å²) in [7, 11) is 0. The molecular weight excluding hydrogens is 395 g/mol. The molecule has 5 nitrogen and oxygen atoms in total. The van der Waals surface area contributed by atoms with Gasteiger partial charge >= 0.3 is 0 Å². The molecule has 2 heterocycles. The highest BCUT2D eigenvalue weighted by Crippen LogP contribution is 2.32. The fourth-order valence-electron chi connectivity index (χ4n) is 3.73. The molecule has 140 valence electrons. The molecule has 1 aromatic carbocycles. The first-order valence-electron chi connectivity index (χ1n) is 8.63. The van der Waals surface area contributed by atoms with Gasteiger partial charge in [0.1, 0.15) is 0 Å². The number of piperazine rings is 1. The number of benzene rings is 1. The minimum Gasteiger partial charge on any atom is -0.334 e. The standard InChI is InChI=1S/C18H20Cl2N4O.ClH/c1-11-10-23(8-7-21-11)18(25)17-13-3-2-4-15(13)24(22-17)16-6-5-12(19)9-14(16)20;/h5-6,9,11,21H,2-4,7-8,10H2,1H3;1H. The van der Waals surface area contributed by atoms with Gasteiger partial charge in [0.2, 0.25) is 0 Å². The van der Waals surface area contributed by atoms with E-state index < -0.39 is 0 Å². The molecule has 4 rings (SSSR count).